The second kappa shape index (κ2) is 9.13. The van der Waals surface area contributed by atoms with Crippen LogP contribution in [-0.4, -0.2) is 51.0 Å². The zero-order valence-corrected chi connectivity index (χ0v) is 14.1. The average Bonchev–Trinajstić information content (AvgIpc) is 2.73. The SMILES string of the molecule is COc1ccc(CN2CCOC[C@H](OCCC(C)C)C2)cc1. The van der Waals surface area contributed by atoms with Gasteiger partial charge in [0.05, 0.1) is 26.4 Å². The lowest BCUT2D eigenvalue weighted by Gasteiger charge is -2.24. The molecule has 0 amide bonds. The van der Waals surface area contributed by atoms with Crippen LogP contribution in [0.4, 0.5) is 0 Å². The molecule has 1 aliphatic heterocycles. The molecule has 0 saturated carbocycles. The first kappa shape index (κ1) is 17.3. The van der Waals surface area contributed by atoms with E-state index in [1.165, 1.54) is 5.56 Å². The summed E-state index contributed by atoms with van der Waals surface area (Å²) in [4.78, 5) is 2.41. The van der Waals surface area contributed by atoms with Crippen molar-refractivity contribution >= 4 is 0 Å². The minimum absolute atomic E-state index is 0.180. The first-order valence-electron chi connectivity index (χ1n) is 8.22. The zero-order chi connectivity index (χ0) is 15.8. The maximum absolute atomic E-state index is 5.99. The highest BCUT2D eigenvalue weighted by Crippen LogP contribution is 2.15. The van der Waals surface area contributed by atoms with Crippen LogP contribution in [0.2, 0.25) is 0 Å². The minimum Gasteiger partial charge on any atom is -0.497 e. The van der Waals surface area contributed by atoms with E-state index in [1.54, 1.807) is 7.11 Å². The molecule has 4 nitrogen and oxygen atoms in total. The number of nitrogens with zero attached hydrogens (tertiary/aromatic N) is 1. The van der Waals surface area contributed by atoms with Gasteiger partial charge in [-0.05, 0) is 30.0 Å². The lowest BCUT2D eigenvalue weighted by molar-refractivity contribution is -0.0101. The van der Waals surface area contributed by atoms with Gasteiger partial charge in [0.15, 0.2) is 0 Å². The van der Waals surface area contributed by atoms with E-state index in [2.05, 4.69) is 30.9 Å². The summed E-state index contributed by atoms with van der Waals surface area (Å²) in [6, 6.07) is 8.28. The largest absolute Gasteiger partial charge is 0.497 e. The van der Waals surface area contributed by atoms with Crippen LogP contribution < -0.4 is 4.74 Å². The molecule has 1 saturated heterocycles. The number of methoxy groups -OCH3 is 1. The van der Waals surface area contributed by atoms with E-state index in [0.717, 1.165) is 45.0 Å². The number of benzene rings is 1. The summed E-state index contributed by atoms with van der Waals surface area (Å²) < 4.78 is 16.9. The monoisotopic (exact) mass is 307 g/mol. The first-order chi connectivity index (χ1) is 10.7. The molecule has 2 rings (SSSR count). The van der Waals surface area contributed by atoms with Crippen LogP contribution >= 0.6 is 0 Å². The molecule has 0 aliphatic carbocycles. The van der Waals surface area contributed by atoms with Gasteiger partial charge in [-0.3, -0.25) is 4.90 Å². The average molecular weight is 307 g/mol. The molecule has 22 heavy (non-hydrogen) atoms. The summed E-state index contributed by atoms with van der Waals surface area (Å²) in [5, 5.41) is 0. The molecule has 0 aromatic heterocycles. The Morgan fingerprint density at radius 1 is 1.27 bits per heavy atom. The fourth-order valence-corrected chi connectivity index (χ4v) is 2.54. The van der Waals surface area contributed by atoms with Crippen LogP contribution in [0.5, 0.6) is 5.75 Å². The molecular formula is C18H29NO3. The first-order valence-corrected chi connectivity index (χ1v) is 8.22. The summed E-state index contributed by atoms with van der Waals surface area (Å²) in [6.45, 7) is 9.57. The maximum atomic E-state index is 5.99. The Morgan fingerprint density at radius 2 is 2.05 bits per heavy atom. The van der Waals surface area contributed by atoms with E-state index in [1.807, 2.05) is 12.1 Å². The van der Waals surface area contributed by atoms with Crippen molar-refractivity contribution in [3.8, 4) is 5.75 Å². The van der Waals surface area contributed by atoms with E-state index in [-0.39, 0.29) is 6.10 Å². The summed E-state index contributed by atoms with van der Waals surface area (Å²) >= 11 is 0. The lowest BCUT2D eigenvalue weighted by atomic mass is 10.1. The van der Waals surface area contributed by atoms with E-state index in [4.69, 9.17) is 14.2 Å². The van der Waals surface area contributed by atoms with Gasteiger partial charge in [0, 0.05) is 26.2 Å². The van der Waals surface area contributed by atoms with Gasteiger partial charge >= 0.3 is 0 Å². The van der Waals surface area contributed by atoms with Gasteiger partial charge in [-0.2, -0.15) is 0 Å². The Hall–Kier alpha value is -1.10. The highest BCUT2D eigenvalue weighted by Gasteiger charge is 2.19. The minimum atomic E-state index is 0.180. The van der Waals surface area contributed by atoms with Crippen LogP contribution in [0.1, 0.15) is 25.8 Å². The van der Waals surface area contributed by atoms with Gasteiger partial charge in [0.1, 0.15) is 5.75 Å². The fraction of sp³-hybridized carbons (Fsp3) is 0.667. The molecule has 0 spiro atoms. The maximum Gasteiger partial charge on any atom is 0.118 e. The Labute approximate surface area is 134 Å². The highest BCUT2D eigenvalue weighted by molar-refractivity contribution is 5.27. The van der Waals surface area contributed by atoms with E-state index < -0.39 is 0 Å². The Morgan fingerprint density at radius 3 is 2.73 bits per heavy atom. The molecule has 0 bridgehead atoms. The van der Waals surface area contributed by atoms with Crippen molar-refractivity contribution in [3.63, 3.8) is 0 Å². The lowest BCUT2D eigenvalue weighted by Crippen LogP contribution is -2.34. The zero-order valence-electron chi connectivity index (χ0n) is 14.1. The van der Waals surface area contributed by atoms with Crippen molar-refractivity contribution in [3.05, 3.63) is 29.8 Å². The molecule has 1 aromatic carbocycles. The number of rotatable bonds is 7. The van der Waals surface area contributed by atoms with Crippen molar-refractivity contribution in [1.82, 2.24) is 4.90 Å². The summed E-state index contributed by atoms with van der Waals surface area (Å²) in [5.41, 5.74) is 1.30. The van der Waals surface area contributed by atoms with Crippen molar-refractivity contribution in [2.45, 2.75) is 32.9 Å². The number of hydrogen-bond acceptors (Lipinski definition) is 4. The van der Waals surface area contributed by atoms with Crippen molar-refractivity contribution in [2.75, 3.05) is 40.0 Å². The molecule has 1 aliphatic rings. The van der Waals surface area contributed by atoms with Gasteiger partial charge in [-0.25, -0.2) is 0 Å². The third-order valence-corrected chi connectivity index (χ3v) is 3.93. The smallest absolute Gasteiger partial charge is 0.118 e. The van der Waals surface area contributed by atoms with Crippen molar-refractivity contribution in [1.29, 1.82) is 0 Å². The Balaban J connectivity index is 1.83. The Kier molecular flexibility index (Phi) is 7.16. The van der Waals surface area contributed by atoms with Crippen molar-refractivity contribution in [2.24, 2.45) is 5.92 Å². The van der Waals surface area contributed by atoms with E-state index in [9.17, 15) is 0 Å². The quantitative estimate of drug-likeness (QED) is 0.775. The summed E-state index contributed by atoms with van der Waals surface area (Å²) in [6.07, 6.45) is 1.29. The molecule has 0 radical (unpaired) electrons. The summed E-state index contributed by atoms with van der Waals surface area (Å²) in [5.74, 6) is 1.58. The van der Waals surface area contributed by atoms with Crippen LogP contribution in [0.25, 0.3) is 0 Å². The van der Waals surface area contributed by atoms with Crippen molar-refractivity contribution < 1.29 is 14.2 Å². The van der Waals surface area contributed by atoms with Gasteiger partial charge in [0.25, 0.3) is 0 Å². The second-order valence-electron chi connectivity index (χ2n) is 6.33. The van der Waals surface area contributed by atoms with Crippen LogP contribution in [0.15, 0.2) is 24.3 Å². The molecule has 4 heteroatoms. The molecule has 1 atom stereocenters. The molecule has 0 N–H and O–H groups in total. The van der Waals surface area contributed by atoms with Gasteiger partial charge in [0.2, 0.25) is 0 Å². The van der Waals surface area contributed by atoms with Gasteiger partial charge in [-0.15, -0.1) is 0 Å². The fourth-order valence-electron chi connectivity index (χ4n) is 2.54. The third kappa shape index (κ3) is 5.95. The van der Waals surface area contributed by atoms with Crippen LogP contribution in [0.3, 0.4) is 0 Å². The molecular weight excluding hydrogens is 278 g/mol. The van der Waals surface area contributed by atoms with E-state index in [0.29, 0.717) is 12.5 Å². The highest BCUT2D eigenvalue weighted by atomic mass is 16.5. The number of ether oxygens (including phenoxy) is 3. The van der Waals surface area contributed by atoms with Crippen LogP contribution in [-0.2, 0) is 16.0 Å². The van der Waals surface area contributed by atoms with Crippen LogP contribution in [0, 0.1) is 5.92 Å². The molecule has 1 aromatic rings. The molecule has 1 fully saturated rings. The van der Waals surface area contributed by atoms with Gasteiger partial charge < -0.3 is 14.2 Å². The Bertz CT molecular complexity index is 419. The predicted molar refractivity (Wildman–Crippen MR) is 88.3 cm³/mol. The molecule has 1 heterocycles. The standard InChI is InChI=1S/C18H29NO3/c1-15(2)8-10-22-18-13-19(9-11-21-14-18)12-16-4-6-17(20-3)7-5-16/h4-7,15,18H,8-14H2,1-3H3/t18-/m1/s1. The third-order valence-electron chi connectivity index (χ3n) is 3.93. The normalized spacial score (nSPS) is 20.1. The summed E-state index contributed by atoms with van der Waals surface area (Å²) in [7, 11) is 1.69. The van der Waals surface area contributed by atoms with Gasteiger partial charge in [-0.1, -0.05) is 26.0 Å². The van der Waals surface area contributed by atoms with E-state index >= 15 is 0 Å². The number of hydrogen-bond donors (Lipinski definition) is 0. The topological polar surface area (TPSA) is 30.9 Å². The second-order valence-corrected chi connectivity index (χ2v) is 6.33. The predicted octanol–water partition coefficient (Wildman–Crippen LogP) is 2.96. The molecule has 0 unspecified atom stereocenters. The molecule has 124 valence electrons.